The normalized spacial score (nSPS) is 15.0. The molecule has 4 nitrogen and oxygen atoms in total. The number of fused-ring (bicyclic) bond motifs is 1. The van der Waals surface area contributed by atoms with Gasteiger partial charge in [-0.3, -0.25) is 4.79 Å². The van der Waals surface area contributed by atoms with E-state index >= 15 is 0 Å². The first-order chi connectivity index (χ1) is 6.72. The van der Waals surface area contributed by atoms with E-state index in [0.717, 1.165) is 24.0 Å². The number of rotatable bonds is 3. The first-order valence-electron chi connectivity index (χ1n) is 4.74. The van der Waals surface area contributed by atoms with E-state index in [9.17, 15) is 4.79 Å². The van der Waals surface area contributed by atoms with Crippen molar-refractivity contribution >= 4 is 21.8 Å². The maximum Gasteiger partial charge on any atom is 0.291 e. The van der Waals surface area contributed by atoms with Gasteiger partial charge in [0.2, 0.25) is 5.82 Å². The van der Waals surface area contributed by atoms with E-state index in [0.29, 0.717) is 12.5 Å². The summed E-state index contributed by atoms with van der Waals surface area (Å²) in [5.41, 5.74) is 0. The second kappa shape index (κ2) is 3.73. The Hall–Kier alpha value is -0.840. The minimum absolute atomic E-state index is 0.0455. The zero-order valence-corrected chi connectivity index (χ0v) is 9.62. The van der Waals surface area contributed by atoms with Crippen molar-refractivity contribution in [1.29, 1.82) is 0 Å². The highest BCUT2D eigenvalue weighted by Gasteiger charge is 2.28. The molecule has 0 aliphatic carbocycles. The van der Waals surface area contributed by atoms with Crippen LogP contribution in [0, 0.1) is 0 Å². The van der Waals surface area contributed by atoms with Crippen LogP contribution < -0.4 is 0 Å². The van der Waals surface area contributed by atoms with Crippen molar-refractivity contribution in [2.45, 2.75) is 26.4 Å². The van der Waals surface area contributed by atoms with Crippen LogP contribution in [0.1, 0.15) is 30.4 Å². The fourth-order valence-corrected chi connectivity index (χ4v) is 1.99. The van der Waals surface area contributed by atoms with Crippen LogP contribution in [0.15, 0.2) is 10.8 Å². The third-order valence-corrected chi connectivity index (χ3v) is 2.71. The van der Waals surface area contributed by atoms with Gasteiger partial charge in [0, 0.05) is 12.7 Å². The van der Waals surface area contributed by atoms with Gasteiger partial charge < -0.3 is 9.47 Å². The van der Waals surface area contributed by atoms with E-state index in [1.54, 1.807) is 0 Å². The Morgan fingerprint density at radius 1 is 1.64 bits per heavy atom. The second-order valence-electron chi connectivity index (χ2n) is 3.42. The average Bonchev–Trinajstić information content (AvgIpc) is 2.63. The number of hydrogen-bond donors (Lipinski definition) is 0. The van der Waals surface area contributed by atoms with Crippen molar-refractivity contribution in [2.75, 3.05) is 6.54 Å². The fourth-order valence-electron chi connectivity index (χ4n) is 1.57. The minimum atomic E-state index is 0.0455. The molecule has 1 aromatic rings. The molecule has 0 saturated carbocycles. The molecular formula is C9H12BrN3O. The lowest BCUT2D eigenvalue weighted by Crippen LogP contribution is -2.25. The lowest BCUT2D eigenvalue weighted by Gasteiger charge is -2.13. The van der Waals surface area contributed by atoms with Gasteiger partial charge in [-0.05, 0) is 22.4 Å². The summed E-state index contributed by atoms with van der Waals surface area (Å²) in [6.45, 7) is 3.60. The monoisotopic (exact) mass is 257 g/mol. The molecule has 0 fully saturated rings. The lowest BCUT2D eigenvalue weighted by atomic mass is 10.3. The third kappa shape index (κ3) is 1.56. The Morgan fingerprint density at radius 3 is 3.07 bits per heavy atom. The Morgan fingerprint density at radius 2 is 2.43 bits per heavy atom. The van der Waals surface area contributed by atoms with Gasteiger partial charge in [0.15, 0.2) is 0 Å². The summed E-state index contributed by atoms with van der Waals surface area (Å²) in [4.78, 5) is 17.7. The molecule has 14 heavy (non-hydrogen) atoms. The molecule has 5 heteroatoms. The number of carbonyl (C=O) groups excluding carboxylic acids is 1. The van der Waals surface area contributed by atoms with E-state index in [-0.39, 0.29) is 5.91 Å². The summed E-state index contributed by atoms with van der Waals surface area (Å²) in [6, 6.07) is 0. The maximum absolute atomic E-state index is 11.7. The summed E-state index contributed by atoms with van der Waals surface area (Å²) >= 11 is 3.26. The molecule has 1 aliphatic rings. The van der Waals surface area contributed by atoms with Crippen LogP contribution >= 0.6 is 15.9 Å². The van der Waals surface area contributed by atoms with Gasteiger partial charge in [0.05, 0.1) is 6.67 Å². The second-order valence-corrected chi connectivity index (χ2v) is 4.23. The van der Waals surface area contributed by atoms with Crippen molar-refractivity contribution in [1.82, 2.24) is 14.5 Å². The summed E-state index contributed by atoms with van der Waals surface area (Å²) in [5, 5.41) is 0. The zero-order valence-electron chi connectivity index (χ0n) is 8.03. The molecule has 1 amide bonds. The molecule has 0 radical (unpaired) electrons. The van der Waals surface area contributed by atoms with Gasteiger partial charge in [0.1, 0.15) is 4.60 Å². The van der Waals surface area contributed by atoms with Crippen LogP contribution in [0.2, 0.25) is 0 Å². The topological polar surface area (TPSA) is 38.1 Å². The molecule has 0 unspecified atom stereocenters. The SMILES string of the molecule is CCCCN1Cn2cc(Br)nc2C1=O. The van der Waals surface area contributed by atoms with Crippen LogP contribution in [0.25, 0.3) is 0 Å². The average molecular weight is 258 g/mol. The number of halogens is 1. The minimum Gasteiger partial charge on any atom is -0.318 e. The summed E-state index contributed by atoms with van der Waals surface area (Å²) in [7, 11) is 0. The number of aromatic nitrogens is 2. The molecule has 0 aromatic carbocycles. The van der Waals surface area contributed by atoms with E-state index in [2.05, 4.69) is 27.8 Å². The highest BCUT2D eigenvalue weighted by molar-refractivity contribution is 9.10. The van der Waals surface area contributed by atoms with Gasteiger partial charge in [0.25, 0.3) is 5.91 Å². The maximum atomic E-state index is 11.7. The van der Waals surface area contributed by atoms with Crippen molar-refractivity contribution in [3.8, 4) is 0 Å². The molecule has 0 saturated heterocycles. The molecule has 0 N–H and O–H groups in total. The first-order valence-corrected chi connectivity index (χ1v) is 5.53. The molecule has 1 aromatic heterocycles. The molecule has 2 heterocycles. The number of amides is 1. The summed E-state index contributed by atoms with van der Waals surface area (Å²) in [5.74, 6) is 0.595. The summed E-state index contributed by atoms with van der Waals surface area (Å²) < 4.78 is 2.61. The first kappa shape index (κ1) is 9.71. The highest BCUT2D eigenvalue weighted by Crippen LogP contribution is 2.18. The molecule has 0 spiro atoms. The zero-order chi connectivity index (χ0) is 10.1. The quantitative estimate of drug-likeness (QED) is 0.829. The van der Waals surface area contributed by atoms with Gasteiger partial charge in [-0.25, -0.2) is 4.98 Å². The van der Waals surface area contributed by atoms with Crippen LogP contribution in [0.5, 0.6) is 0 Å². The van der Waals surface area contributed by atoms with Crippen molar-refractivity contribution < 1.29 is 4.79 Å². The van der Waals surface area contributed by atoms with Gasteiger partial charge >= 0.3 is 0 Å². The lowest BCUT2D eigenvalue weighted by molar-refractivity contribution is 0.0763. The Labute approximate surface area is 91.0 Å². The Kier molecular flexibility index (Phi) is 2.58. The predicted molar refractivity (Wildman–Crippen MR) is 55.9 cm³/mol. The third-order valence-electron chi connectivity index (χ3n) is 2.33. The van der Waals surface area contributed by atoms with E-state index in [1.165, 1.54) is 0 Å². The van der Waals surface area contributed by atoms with Gasteiger partial charge in [-0.1, -0.05) is 13.3 Å². The van der Waals surface area contributed by atoms with Crippen molar-refractivity contribution in [3.05, 3.63) is 16.6 Å². The molecular weight excluding hydrogens is 246 g/mol. The van der Waals surface area contributed by atoms with Crippen molar-refractivity contribution in [3.63, 3.8) is 0 Å². The van der Waals surface area contributed by atoms with Crippen LogP contribution in [0.3, 0.4) is 0 Å². The number of nitrogens with zero attached hydrogens (tertiary/aromatic N) is 3. The highest BCUT2D eigenvalue weighted by atomic mass is 79.9. The van der Waals surface area contributed by atoms with Gasteiger partial charge in [-0.2, -0.15) is 0 Å². The van der Waals surface area contributed by atoms with E-state index in [1.807, 2.05) is 15.7 Å². The summed E-state index contributed by atoms with van der Waals surface area (Å²) in [6.07, 6.45) is 4.01. The smallest absolute Gasteiger partial charge is 0.291 e. The van der Waals surface area contributed by atoms with E-state index < -0.39 is 0 Å². The molecule has 76 valence electrons. The fraction of sp³-hybridized carbons (Fsp3) is 0.556. The number of unbranched alkanes of at least 4 members (excludes halogenated alkanes) is 1. The van der Waals surface area contributed by atoms with Crippen molar-refractivity contribution in [2.24, 2.45) is 0 Å². The number of carbonyl (C=O) groups is 1. The molecule has 0 bridgehead atoms. The van der Waals surface area contributed by atoms with Crippen LogP contribution in [0.4, 0.5) is 0 Å². The molecule has 0 atom stereocenters. The Bertz CT molecular complexity index is 361. The number of hydrogen-bond acceptors (Lipinski definition) is 2. The molecule has 2 rings (SSSR count). The largest absolute Gasteiger partial charge is 0.318 e. The van der Waals surface area contributed by atoms with E-state index in [4.69, 9.17) is 0 Å². The standard InChI is InChI=1S/C9H12BrN3O/c1-2-3-4-12-6-13-5-7(10)11-8(13)9(12)14/h5H,2-4,6H2,1H3. The van der Waals surface area contributed by atoms with Crippen LogP contribution in [-0.2, 0) is 6.67 Å². The molecule has 1 aliphatic heterocycles. The predicted octanol–water partition coefficient (Wildman–Crippen LogP) is 1.86. The van der Waals surface area contributed by atoms with Crippen LogP contribution in [-0.4, -0.2) is 26.9 Å². The number of imidazole rings is 1. The Balaban J connectivity index is 2.11. The van der Waals surface area contributed by atoms with Gasteiger partial charge in [-0.15, -0.1) is 0 Å².